The molecule has 1 fully saturated rings. The summed E-state index contributed by atoms with van der Waals surface area (Å²) >= 11 is 0. The molecule has 3 N–H and O–H groups in total. The molecule has 110 valence electrons. The molecule has 20 heavy (non-hydrogen) atoms. The summed E-state index contributed by atoms with van der Waals surface area (Å²) in [5.74, 6) is 0.0478. The third kappa shape index (κ3) is 4.32. The molecule has 3 atom stereocenters. The number of benzene rings is 1. The van der Waals surface area contributed by atoms with Crippen LogP contribution in [0.1, 0.15) is 44.2 Å². The number of nitrogens with one attached hydrogen (secondary N) is 1. The maximum atomic E-state index is 12.1. The minimum Gasteiger partial charge on any atom is -0.376 e. The van der Waals surface area contributed by atoms with Gasteiger partial charge in [-0.2, -0.15) is 0 Å². The lowest BCUT2D eigenvalue weighted by Crippen LogP contribution is -2.36. The van der Waals surface area contributed by atoms with Crippen LogP contribution in [0.25, 0.3) is 0 Å². The first-order chi connectivity index (χ1) is 9.66. The first kappa shape index (κ1) is 15.0. The van der Waals surface area contributed by atoms with Crippen molar-refractivity contribution in [1.29, 1.82) is 0 Å². The van der Waals surface area contributed by atoms with Gasteiger partial charge in [0.25, 0.3) is 0 Å². The summed E-state index contributed by atoms with van der Waals surface area (Å²) in [5, 5.41) is 3.11. The van der Waals surface area contributed by atoms with Crippen molar-refractivity contribution in [2.45, 2.75) is 50.8 Å². The molecular formula is C16H24N2O2. The molecule has 0 bridgehead atoms. The summed E-state index contributed by atoms with van der Waals surface area (Å²) in [4.78, 5) is 12.1. The van der Waals surface area contributed by atoms with Gasteiger partial charge in [0.15, 0.2) is 0 Å². The highest BCUT2D eigenvalue weighted by molar-refractivity contribution is 5.76. The standard InChI is InChI=1S/C16H24N2O2/c1-12(17)9-10-15(19)18-16(14-8-5-11-20-14)13-6-3-2-4-7-13/h2-4,6-7,12,14,16H,5,8-11,17H2,1H3,(H,18,19). The van der Waals surface area contributed by atoms with E-state index in [2.05, 4.69) is 5.32 Å². The second kappa shape index (κ2) is 7.41. The summed E-state index contributed by atoms with van der Waals surface area (Å²) in [6.45, 7) is 2.70. The van der Waals surface area contributed by atoms with Crippen LogP contribution in [-0.2, 0) is 9.53 Å². The van der Waals surface area contributed by atoms with E-state index in [1.54, 1.807) is 0 Å². The third-order valence-corrected chi connectivity index (χ3v) is 3.64. The topological polar surface area (TPSA) is 64.4 Å². The smallest absolute Gasteiger partial charge is 0.220 e. The third-order valence-electron chi connectivity index (χ3n) is 3.64. The molecule has 0 saturated carbocycles. The van der Waals surface area contributed by atoms with Crippen molar-refractivity contribution >= 4 is 5.91 Å². The van der Waals surface area contributed by atoms with Gasteiger partial charge in [0.2, 0.25) is 5.91 Å². The van der Waals surface area contributed by atoms with Gasteiger partial charge in [-0.1, -0.05) is 30.3 Å². The molecule has 1 aliphatic heterocycles. The van der Waals surface area contributed by atoms with Gasteiger partial charge in [0.1, 0.15) is 0 Å². The van der Waals surface area contributed by atoms with E-state index >= 15 is 0 Å². The molecule has 3 unspecified atom stereocenters. The van der Waals surface area contributed by atoms with E-state index in [0.29, 0.717) is 12.8 Å². The maximum Gasteiger partial charge on any atom is 0.220 e. The normalized spacial score (nSPS) is 21.4. The molecule has 0 aromatic heterocycles. The van der Waals surface area contributed by atoms with Crippen LogP contribution in [-0.4, -0.2) is 24.7 Å². The second-order valence-corrected chi connectivity index (χ2v) is 5.52. The molecular weight excluding hydrogens is 252 g/mol. The van der Waals surface area contributed by atoms with Crippen LogP contribution in [0.5, 0.6) is 0 Å². The molecule has 2 rings (SSSR count). The molecule has 1 amide bonds. The van der Waals surface area contributed by atoms with Crippen LogP contribution in [0.4, 0.5) is 0 Å². The summed E-state index contributed by atoms with van der Waals surface area (Å²) in [5.41, 5.74) is 6.81. The molecule has 1 aromatic rings. The molecule has 1 aromatic carbocycles. The van der Waals surface area contributed by atoms with Gasteiger partial charge in [-0.3, -0.25) is 4.79 Å². The van der Waals surface area contributed by atoms with Crippen LogP contribution >= 0.6 is 0 Å². The van der Waals surface area contributed by atoms with Gasteiger partial charge in [0, 0.05) is 19.1 Å². The quantitative estimate of drug-likeness (QED) is 0.836. The number of amides is 1. The van der Waals surface area contributed by atoms with Crippen LogP contribution in [0.2, 0.25) is 0 Å². The predicted octanol–water partition coefficient (Wildman–Crippen LogP) is 2.15. The SMILES string of the molecule is CC(N)CCC(=O)NC(c1ccccc1)C1CCCO1. The first-order valence-electron chi connectivity index (χ1n) is 7.38. The lowest BCUT2D eigenvalue weighted by molar-refractivity contribution is -0.123. The molecule has 0 aliphatic carbocycles. The van der Waals surface area contributed by atoms with E-state index in [9.17, 15) is 4.79 Å². The van der Waals surface area contributed by atoms with Gasteiger partial charge in [-0.25, -0.2) is 0 Å². The van der Waals surface area contributed by atoms with E-state index in [-0.39, 0.29) is 24.1 Å². The van der Waals surface area contributed by atoms with E-state index in [1.807, 2.05) is 37.3 Å². The Morgan fingerprint density at radius 2 is 2.20 bits per heavy atom. The number of hydrogen-bond acceptors (Lipinski definition) is 3. The Labute approximate surface area is 120 Å². The van der Waals surface area contributed by atoms with Crippen molar-refractivity contribution in [3.8, 4) is 0 Å². The highest BCUT2D eigenvalue weighted by Gasteiger charge is 2.28. The summed E-state index contributed by atoms with van der Waals surface area (Å²) in [6, 6.07) is 10.0. The van der Waals surface area contributed by atoms with Gasteiger partial charge >= 0.3 is 0 Å². The average Bonchev–Trinajstić information content (AvgIpc) is 2.97. The lowest BCUT2D eigenvalue weighted by Gasteiger charge is -2.25. The van der Waals surface area contributed by atoms with Crippen molar-refractivity contribution in [3.05, 3.63) is 35.9 Å². The van der Waals surface area contributed by atoms with Gasteiger partial charge in [0.05, 0.1) is 12.1 Å². The number of carbonyl (C=O) groups excluding carboxylic acids is 1. The molecule has 1 saturated heterocycles. The fraction of sp³-hybridized carbons (Fsp3) is 0.562. The molecule has 1 heterocycles. The zero-order chi connectivity index (χ0) is 14.4. The summed E-state index contributed by atoms with van der Waals surface area (Å²) in [7, 11) is 0. The van der Waals surface area contributed by atoms with Crippen LogP contribution in [0, 0.1) is 0 Å². The van der Waals surface area contributed by atoms with Crippen LogP contribution in [0.15, 0.2) is 30.3 Å². The highest BCUT2D eigenvalue weighted by Crippen LogP contribution is 2.27. The molecule has 4 heteroatoms. The first-order valence-corrected chi connectivity index (χ1v) is 7.38. The Balaban J connectivity index is 2.01. The van der Waals surface area contributed by atoms with Crippen LogP contribution < -0.4 is 11.1 Å². The average molecular weight is 276 g/mol. The van der Waals surface area contributed by atoms with E-state index in [4.69, 9.17) is 10.5 Å². The molecule has 1 aliphatic rings. The zero-order valence-electron chi connectivity index (χ0n) is 12.0. The molecule has 0 spiro atoms. The monoisotopic (exact) mass is 276 g/mol. The second-order valence-electron chi connectivity index (χ2n) is 5.52. The fourth-order valence-electron chi connectivity index (χ4n) is 2.52. The fourth-order valence-corrected chi connectivity index (χ4v) is 2.52. The number of hydrogen-bond donors (Lipinski definition) is 2. The minimum atomic E-state index is -0.0562. The summed E-state index contributed by atoms with van der Waals surface area (Å²) < 4.78 is 5.76. The zero-order valence-corrected chi connectivity index (χ0v) is 12.0. The molecule has 0 radical (unpaired) electrons. The largest absolute Gasteiger partial charge is 0.376 e. The predicted molar refractivity (Wildman–Crippen MR) is 79.2 cm³/mol. The van der Waals surface area contributed by atoms with Crippen molar-refractivity contribution in [2.75, 3.05) is 6.61 Å². The number of nitrogens with two attached hydrogens (primary N) is 1. The Hall–Kier alpha value is -1.39. The molecule has 4 nitrogen and oxygen atoms in total. The lowest BCUT2D eigenvalue weighted by atomic mass is 9.99. The Bertz CT molecular complexity index is 414. The van der Waals surface area contributed by atoms with E-state index < -0.39 is 0 Å². The Morgan fingerprint density at radius 1 is 1.45 bits per heavy atom. The van der Waals surface area contributed by atoms with Crippen molar-refractivity contribution in [2.24, 2.45) is 5.73 Å². The van der Waals surface area contributed by atoms with Crippen LogP contribution in [0.3, 0.4) is 0 Å². The Morgan fingerprint density at radius 3 is 2.80 bits per heavy atom. The van der Waals surface area contributed by atoms with E-state index in [0.717, 1.165) is 25.0 Å². The van der Waals surface area contributed by atoms with E-state index in [1.165, 1.54) is 0 Å². The number of rotatable bonds is 6. The number of ether oxygens (including phenoxy) is 1. The maximum absolute atomic E-state index is 12.1. The van der Waals surface area contributed by atoms with Crippen molar-refractivity contribution in [1.82, 2.24) is 5.32 Å². The van der Waals surface area contributed by atoms with Gasteiger partial charge in [-0.15, -0.1) is 0 Å². The van der Waals surface area contributed by atoms with Gasteiger partial charge < -0.3 is 15.8 Å². The van der Waals surface area contributed by atoms with Crippen molar-refractivity contribution in [3.63, 3.8) is 0 Å². The summed E-state index contributed by atoms with van der Waals surface area (Å²) in [6.07, 6.45) is 3.31. The minimum absolute atomic E-state index is 0.0478. The van der Waals surface area contributed by atoms with Gasteiger partial charge in [-0.05, 0) is 31.7 Å². The number of carbonyl (C=O) groups is 1. The Kier molecular flexibility index (Phi) is 5.56. The highest BCUT2D eigenvalue weighted by atomic mass is 16.5. The van der Waals surface area contributed by atoms with Crippen molar-refractivity contribution < 1.29 is 9.53 Å².